The van der Waals surface area contributed by atoms with Gasteiger partial charge in [-0.1, -0.05) is 6.07 Å². The SMILES string of the molecule is CC(=O)c1nnc(-c2cccs2)n1Nc1ccc(F)cc1. The van der Waals surface area contributed by atoms with E-state index in [2.05, 4.69) is 15.6 Å². The first kappa shape index (κ1) is 13.4. The van der Waals surface area contributed by atoms with Crippen molar-refractivity contribution >= 4 is 22.8 Å². The van der Waals surface area contributed by atoms with Gasteiger partial charge in [0.15, 0.2) is 11.6 Å². The number of aromatic nitrogens is 3. The van der Waals surface area contributed by atoms with E-state index in [9.17, 15) is 9.18 Å². The summed E-state index contributed by atoms with van der Waals surface area (Å²) in [6, 6.07) is 9.62. The van der Waals surface area contributed by atoms with E-state index in [0.717, 1.165) is 4.88 Å². The molecule has 5 nitrogen and oxygen atoms in total. The van der Waals surface area contributed by atoms with Crippen LogP contribution in [0.4, 0.5) is 10.1 Å². The van der Waals surface area contributed by atoms with Crippen molar-refractivity contribution < 1.29 is 9.18 Å². The quantitative estimate of drug-likeness (QED) is 0.752. The average molecular weight is 302 g/mol. The van der Waals surface area contributed by atoms with Crippen LogP contribution in [0.3, 0.4) is 0 Å². The van der Waals surface area contributed by atoms with Crippen molar-refractivity contribution in [2.75, 3.05) is 5.43 Å². The highest BCUT2D eigenvalue weighted by Crippen LogP contribution is 2.24. The number of Topliss-reactive ketones (excluding diaryl/α,β-unsaturated/α-hetero) is 1. The summed E-state index contributed by atoms with van der Waals surface area (Å²) in [5.41, 5.74) is 3.66. The zero-order chi connectivity index (χ0) is 14.8. The summed E-state index contributed by atoms with van der Waals surface area (Å²) in [7, 11) is 0. The molecule has 0 unspecified atom stereocenters. The van der Waals surface area contributed by atoms with E-state index in [4.69, 9.17) is 0 Å². The fourth-order valence-corrected chi connectivity index (χ4v) is 2.54. The first-order valence-corrected chi connectivity index (χ1v) is 7.06. The smallest absolute Gasteiger partial charge is 0.219 e. The van der Waals surface area contributed by atoms with Crippen LogP contribution in [0, 0.1) is 5.82 Å². The van der Waals surface area contributed by atoms with Crippen LogP contribution in [0.5, 0.6) is 0 Å². The van der Waals surface area contributed by atoms with Crippen LogP contribution in [0.25, 0.3) is 10.7 Å². The maximum Gasteiger partial charge on any atom is 0.219 e. The Morgan fingerprint density at radius 2 is 2.00 bits per heavy atom. The number of ketones is 1. The molecular weight excluding hydrogens is 291 g/mol. The monoisotopic (exact) mass is 302 g/mol. The molecule has 0 bridgehead atoms. The lowest BCUT2D eigenvalue weighted by Gasteiger charge is -2.11. The number of anilines is 1. The molecule has 3 aromatic rings. The third-order valence-corrected chi connectivity index (χ3v) is 3.67. The van der Waals surface area contributed by atoms with E-state index >= 15 is 0 Å². The lowest BCUT2D eigenvalue weighted by atomic mass is 10.3. The highest BCUT2D eigenvalue weighted by Gasteiger charge is 2.17. The van der Waals surface area contributed by atoms with E-state index in [0.29, 0.717) is 11.5 Å². The molecule has 1 N–H and O–H groups in total. The molecule has 0 saturated heterocycles. The zero-order valence-electron chi connectivity index (χ0n) is 11.1. The minimum absolute atomic E-state index is 0.197. The minimum atomic E-state index is -0.324. The van der Waals surface area contributed by atoms with Gasteiger partial charge in [-0.3, -0.25) is 10.2 Å². The molecule has 21 heavy (non-hydrogen) atoms. The van der Waals surface area contributed by atoms with Crippen LogP contribution in [0.2, 0.25) is 0 Å². The largest absolute Gasteiger partial charge is 0.291 e. The number of hydrogen-bond acceptors (Lipinski definition) is 5. The fraction of sp³-hybridized carbons (Fsp3) is 0.0714. The van der Waals surface area contributed by atoms with Crippen molar-refractivity contribution in [1.82, 2.24) is 14.9 Å². The summed E-state index contributed by atoms with van der Waals surface area (Å²) in [6.07, 6.45) is 0. The summed E-state index contributed by atoms with van der Waals surface area (Å²) in [6.45, 7) is 1.42. The summed E-state index contributed by atoms with van der Waals surface area (Å²) in [5.74, 6) is 0.205. The number of carbonyl (C=O) groups excluding carboxylic acids is 1. The zero-order valence-corrected chi connectivity index (χ0v) is 11.9. The standard InChI is InChI=1S/C14H11FN4OS/c1-9(20)13-16-17-14(12-3-2-8-21-12)19(13)18-11-6-4-10(15)5-7-11/h2-8,18H,1H3. The van der Waals surface area contributed by atoms with Gasteiger partial charge < -0.3 is 0 Å². The van der Waals surface area contributed by atoms with Crippen molar-refractivity contribution in [3.8, 4) is 10.7 Å². The molecule has 3 rings (SSSR count). The number of carbonyl (C=O) groups is 1. The molecule has 0 aliphatic carbocycles. The molecule has 0 aliphatic rings. The van der Waals surface area contributed by atoms with Gasteiger partial charge in [0.05, 0.1) is 10.6 Å². The minimum Gasteiger partial charge on any atom is -0.291 e. The highest BCUT2D eigenvalue weighted by atomic mass is 32.1. The first-order valence-electron chi connectivity index (χ1n) is 6.18. The summed E-state index contributed by atoms with van der Waals surface area (Å²) < 4.78 is 14.5. The van der Waals surface area contributed by atoms with E-state index in [1.54, 1.807) is 12.1 Å². The molecule has 0 fully saturated rings. The second-order valence-corrected chi connectivity index (χ2v) is 5.28. The third-order valence-electron chi connectivity index (χ3n) is 2.80. The molecule has 0 amide bonds. The highest BCUT2D eigenvalue weighted by molar-refractivity contribution is 7.13. The molecular formula is C14H11FN4OS. The third kappa shape index (κ3) is 2.68. The van der Waals surface area contributed by atoms with Gasteiger partial charge >= 0.3 is 0 Å². The number of hydrogen-bond donors (Lipinski definition) is 1. The van der Waals surface area contributed by atoms with Gasteiger partial charge in [0.1, 0.15) is 5.82 Å². The Morgan fingerprint density at radius 3 is 2.62 bits per heavy atom. The fourth-order valence-electron chi connectivity index (χ4n) is 1.84. The Morgan fingerprint density at radius 1 is 1.24 bits per heavy atom. The number of benzene rings is 1. The molecule has 0 spiro atoms. The molecule has 106 valence electrons. The Hall–Kier alpha value is -2.54. The van der Waals surface area contributed by atoms with Crippen molar-refractivity contribution in [3.05, 3.63) is 53.4 Å². The Kier molecular flexibility index (Phi) is 3.49. The van der Waals surface area contributed by atoms with Gasteiger partial charge in [-0.25, -0.2) is 9.07 Å². The van der Waals surface area contributed by atoms with Gasteiger partial charge in [0.2, 0.25) is 5.82 Å². The summed E-state index contributed by atoms with van der Waals surface area (Å²) in [4.78, 5) is 12.6. The molecule has 7 heteroatoms. The average Bonchev–Trinajstić information content (AvgIpc) is 3.10. The molecule has 1 aromatic carbocycles. The molecule has 0 saturated carbocycles. The van der Waals surface area contributed by atoms with Crippen LogP contribution >= 0.6 is 11.3 Å². The van der Waals surface area contributed by atoms with Crippen LogP contribution in [-0.2, 0) is 0 Å². The van der Waals surface area contributed by atoms with E-state index in [1.807, 2.05) is 17.5 Å². The number of rotatable bonds is 4. The van der Waals surface area contributed by atoms with Gasteiger partial charge in [-0.15, -0.1) is 21.5 Å². The van der Waals surface area contributed by atoms with Crippen LogP contribution < -0.4 is 5.43 Å². The number of halogens is 1. The molecule has 0 radical (unpaired) electrons. The van der Waals surface area contributed by atoms with Crippen LogP contribution in [-0.4, -0.2) is 20.7 Å². The molecule has 0 aliphatic heterocycles. The van der Waals surface area contributed by atoms with Crippen LogP contribution in [0.1, 0.15) is 17.5 Å². The summed E-state index contributed by atoms with van der Waals surface area (Å²) in [5, 5.41) is 9.89. The first-order chi connectivity index (χ1) is 10.1. The summed E-state index contributed by atoms with van der Waals surface area (Å²) >= 11 is 1.49. The number of nitrogens with zero attached hydrogens (tertiary/aromatic N) is 3. The lowest BCUT2D eigenvalue weighted by Crippen LogP contribution is -2.16. The number of thiophene rings is 1. The van der Waals surface area contributed by atoms with Gasteiger partial charge in [-0.2, -0.15) is 0 Å². The number of nitrogens with one attached hydrogen (secondary N) is 1. The second-order valence-electron chi connectivity index (χ2n) is 4.33. The maximum absolute atomic E-state index is 13.0. The predicted molar refractivity (Wildman–Crippen MR) is 78.8 cm³/mol. The molecule has 0 atom stereocenters. The second kappa shape index (κ2) is 5.45. The van der Waals surface area contributed by atoms with Crippen molar-refractivity contribution in [2.24, 2.45) is 0 Å². The van der Waals surface area contributed by atoms with Gasteiger partial charge in [0.25, 0.3) is 0 Å². The topological polar surface area (TPSA) is 59.8 Å². The van der Waals surface area contributed by atoms with Gasteiger partial charge in [-0.05, 0) is 35.7 Å². The van der Waals surface area contributed by atoms with E-state index in [-0.39, 0.29) is 17.4 Å². The molecule has 2 heterocycles. The lowest BCUT2D eigenvalue weighted by molar-refractivity contribution is 0.100. The van der Waals surface area contributed by atoms with Crippen molar-refractivity contribution in [1.29, 1.82) is 0 Å². The normalized spacial score (nSPS) is 10.6. The van der Waals surface area contributed by atoms with Crippen molar-refractivity contribution in [2.45, 2.75) is 6.92 Å². The molecule has 2 aromatic heterocycles. The van der Waals surface area contributed by atoms with E-state index < -0.39 is 0 Å². The Labute approximate surface area is 124 Å². The van der Waals surface area contributed by atoms with Crippen LogP contribution in [0.15, 0.2) is 41.8 Å². The van der Waals surface area contributed by atoms with E-state index in [1.165, 1.54) is 35.1 Å². The maximum atomic E-state index is 13.0. The Bertz CT molecular complexity index is 765. The van der Waals surface area contributed by atoms with Gasteiger partial charge in [0, 0.05) is 6.92 Å². The Balaban J connectivity index is 2.04. The van der Waals surface area contributed by atoms with Crippen molar-refractivity contribution in [3.63, 3.8) is 0 Å². The predicted octanol–water partition coefficient (Wildman–Crippen LogP) is 3.22.